The number of hydrogen-bond acceptors (Lipinski definition) is 2. The van der Waals surface area contributed by atoms with E-state index in [0.717, 1.165) is 12.1 Å². The molecule has 3 nitrogen and oxygen atoms in total. The summed E-state index contributed by atoms with van der Waals surface area (Å²) in [6, 6.07) is 5.73. The first-order valence-corrected chi connectivity index (χ1v) is 6.02. The number of amides is 1. The number of nitrogens with zero attached hydrogens (tertiary/aromatic N) is 1. The first-order valence-electron chi connectivity index (χ1n) is 6.02. The van der Waals surface area contributed by atoms with Gasteiger partial charge in [0, 0.05) is 17.8 Å². The highest BCUT2D eigenvalue weighted by Crippen LogP contribution is 2.34. The third kappa shape index (κ3) is 1.90. The zero-order valence-corrected chi connectivity index (χ0v) is 10.9. The van der Waals surface area contributed by atoms with Crippen LogP contribution in [0.1, 0.15) is 49.5 Å². The first-order chi connectivity index (χ1) is 7.82. The van der Waals surface area contributed by atoms with Gasteiger partial charge in [0.1, 0.15) is 0 Å². The van der Waals surface area contributed by atoms with Crippen molar-refractivity contribution < 1.29 is 4.79 Å². The van der Waals surface area contributed by atoms with Crippen LogP contribution in [0.3, 0.4) is 0 Å². The second kappa shape index (κ2) is 3.76. The fraction of sp³-hybridized carbons (Fsp3) is 0.500. The molecule has 92 valence electrons. The molecule has 0 fully saturated rings. The van der Waals surface area contributed by atoms with Crippen LogP contribution in [0.15, 0.2) is 18.2 Å². The fourth-order valence-electron chi connectivity index (χ4n) is 2.41. The molecular formula is C14H20N2O. The molecule has 1 aliphatic rings. The first kappa shape index (κ1) is 12.0. The third-order valence-corrected chi connectivity index (χ3v) is 3.39. The summed E-state index contributed by atoms with van der Waals surface area (Å²) in [4.78, 5) is 14.4. The summed E-state index contributed by atoms with van der Waals surface area (Å²) in [5.41, 5.74) is 8.16. The molecule has 1 amide bonds. The van der Waals surface area contributed by atoms with Gasteiger partial charge in [-0.15, -0.1) is 0 Å². The van der Waals surface area contributed by atoms with Crippen LogP contribution in [0, 0.1) is 0 Å². The molecule has 3 heteroatoms. The van der Waals surface area contributed by atoms with Crippen molar-refractivity contribution >= 4 is 11.6 Å². The van der Waals surface area contributed by atoms with Crippen LogP contribution in [-0.4, -0.2) is 22.9 Å². The van der Waals surface area contributed by atoms with Crippen molar-refractivity contribution in [3.63, 3.8) is 0 Å². The van der Waals surface area contributed by atoms with Gasteiger partial charge in [-0.3, -0.25) is 4.79 Å². The Hall–Kier alpha value is -1.51. The Morgan fingerprint density at radius 1 is 1.35 bits per heavy atom. The van der Waals surface area contributed by atoms with Gasteiger partial charge in [0.05, 0.1) is 5.56 Å². The predicted molar refractivity (Wildman–Crippen MR) is 70.1 cm³/mol. The molecule has 1 unspecified atom stereocenters. The Balaban J connectivity index is 2.54. The zero-order valence-electron chi connectivity index (χ0n) is 10.9. The lowest BCUT2D eigenvalue weighted by atomic mass is 9.87. The minimum absolute atomic E-state index is 0.0590. The SMILES string of the molecule is CC1CN(C(C)(C)C)C(=O)c2c(N)cccc21. The molecule has 1 aliphatic heterocycles. The van der Waals surface area contributed by atoms with Gasteiger partial charge in [-0.25, -0.2) is 0 Å². The number of fused-ring (bicyclic) bond motifs is 1. The van der Waals surface area contributed by atoms with Crippen molar-refractivity contribution in [3.8, 4) is 0 Å². The molecule has 2 rings (SSSR count). The molecule has 0 radical (unpaired) electrons. The largest absolute Gasteiger partial charge is 0.398 e. The molecular weight excluding hydrogens is 212 g/mol. The molecule has 0 saturated heterocycles. The number of carbonyl (C=O) groups is 1. The molecule has 0 spiro atoms. The Labute approximate surface area is 103 Å². The Bertz CT molecular complexity index is 460. The highest BCUT2D eigenvalue weighted by atomic mass is 16.2. The number of nitrogen functional groups attached to an aromatic ring is 1. The van der Waals surface area contributed by atoms with Gasteiger partial charge in [0.25, 0.3) is 5.91 Å². The van der Waals surface area contributed by atoms with Crippen molar-refractivity contribution in [3.05, 3.63) is 29.3 Å². The topological polar surface area (TPSA) is 46.3 Å². The van der Waals surface area contributed by atoms with Gasteiger partial charge in [-0.05, 0) is 38.3 Å². The van der Waals surface area contributed by atoms with Crippen molar-refractivity contribution in [2.75, 3.05) is 12.3 Å². The number of benzene rings is 1. The molecule has 17 heavy (non-hydrogen) atoms. The van der Waals surface area contributed by atoms with Gasteiger partial charge in [-0.2, -0.15) is 0 Å². The average Bonchev–Trinajstić information content (AvgIpc) is 2.21. The van der Waals surface area contributed by atoms with Gasteiger partial charge in [0.2, 0.25) is 0 Å². The Morgan fingerprint density at radius 2 is 2.00 bits per heavy atom. The van der Waals surface area contributed by atoms with E-state index in [0.29, 0.717) is 17.2 Å². The van der Waals surface area contributed by atoms with E-state index in [1.807, 2.05) is 17.0 Å². The predicted octanol–water partition coefficient (Wildman–Crippen LogP) is 2.63. The van der Waals surface area contributed by atoms with Gasteiger partial charge in [0.15, 0.2) is 0 Å². The van der Waals surface area contributed by atoms with Gasteiger partial charge < -0.3 is 10.6 Å². The van der Waals surface area contributed by atoms with Crippen molar-refractivity contribution in [1.29, 1.82) is 0 Å². The van der Waals surface area contributed by atoms with E-state index in [4.69, 9.17) is 5.73 Å². The van der Waals surface area contributed by atoms with Crippen molar-refractivity contribution in [2.45, 2.75) is 39.2 Å². The van der Waals surface area contributed by atoms with Crippen LogP contribution in [0.4, 0.5) is 5.69 Å². The van der Waals surface area contributed by atoms with Crippen LogP contribution in [0.2, 0.25) is 0 Å². The quantitative estimate of drug-likeness (QED) is 0.699. The van der Waals surface area contributed by atoms with E-state index in [9.17, 15) is 4.79 Å². The standard InChI is InChI=1S/C14H20N2O/c1-9-8-16(14(2,3)4)13(17)12-10(9)6-5-7-11(12)15/h5-7,9H,8,15H2,1-4H3. The molecule has 0 aromatic heterocycles. The monoisotopic (exact) mass is 232 g/mol. The number of hydrogen-bond donors (Lipinski definition) is 1. The maximum absolute atomic E-state index is 12.5. The van der Waals surface area contributed by atoms with Crippen LogP contribution in [0.5, 0.6) is 0 Å². The molecule has 1 heterocycles. The third-order valence-electron chi connectivity index (χ3n) is 3.39. The molecule has 0 saturated carbocycles. The summed E-state index contributed by atoms with van der Waals surface area (Å²) < 4.78 is 0. The number of nitrogens with two attached hydrogens (primary N) is 1. The van der Waals surface area contributed by atoms with Crippen LogP contribution >= 0.6 is 0 Å². The lowest BCUT2D eigenvalue weighted by molar-refractivity contribution is 0.0539. The summed E-state index contributed by atoms with van der Waals surface area (Å²) in [5, 5.41) is 0. The molecule has 1 atom stereocenters. The van der Waals surface area contributed by atoms with Crippen LogP contribution in [-0.2, 0) is 0 Å². The Kier molecular flexibility index (Phi) is 2.64. The van der Waals surface area contributed by atoms with Gasteiger partial charge in [-0.1, -0.05) is 19.1 Å². The highest BCUT2D eigenvalue weighted by molar-refractivity contribution is 6.02. The second-order valence-electron chi connectivity index (χ2n) is 5.80. The van der Waals surface area contributed by atoms with E-state index < -0.39 is 0 Å². The van der Waals surface area contributed by atoms with Crippen molar-refractivity contribution in [2.24, 2.45) is 0 Å². The number of rotatable bonds is 0. The summed E-state index contributed by atoms with van der Waals surface area (Å²) >= 11 is 0. The fourth-order valence-corrected chi connectivity index (χ4v) is 2.41. The molecule has 0 bridgehead atoms. The van der Waals surface area contributed by atoms with E-state index in [-0.39, 0.29) is 11.4 Å². The van der Waals surface area contributed by atoms with Crippen LogP contribution < -0.4 is 5.73 Å². The number of anilines is 1. The minimum atomic E-state index is -0.161. The van der Waals surface area contributed by atoms with Crippen molar-refractivity contribution in [1.82, 2.24) is 4.90 Å². The second-order valence-corrected chi connectivity index (χ2v) is 5.80. The minimum Gasteiger partial charge on any atom is -0.398 e. The van der Waals surface area contributed by atoms with Gasteiger partial charge >= 0.3 is 0 Å². The summed E-state index contributed by atoms with van der Waals surface area (Å²) in [7, 11) is 0. The molecule has 2 N–H and O–H groups in total. The smallest absolute Gasteiger partial charge is 0.256 e. The maximum atomic E-state index is 12.5. The molecule has 1 aromatic rings. The molecule has 0 aliphatic carbocycles. The van der Waals surface area contributed by atoms with E-state index in [1.54, 1.807) is 6.07 Å². The maximum Gasteiger partial charge on any atom is 0.256 e. The summed E-state index contributed by atoms with van der Waals surface area (Å²) in [5.74, 6) is 0.397. The summed E-state index contributed by atoms with van der Waals surface area (Å²) in [6.45, 7) is 9.08. The molecule has 1 aromatic carbocycles. The lowest BCUT2D eigenvalue weighted by Crippen LogP contribution is -2.50. The van der Waals surface area contributed by atoms with E-state index in [2.05, 4.69) is 27.7 Å². The number of carbonyl (C=O) groups excluding carboxylic acids is 1. The van der Waals surface area contributed by atoms with E-state index in [1.165, 1.54) is 0 Å². The normalized spacial score (nSPS) is 20.4. The van der Waals surface area contributed by atoms with E-state index >= 15 is 0 Å². The zero-order chi connectivity index (χ0) is 12.8. The highest BCUT2D eigenvalue weighted by Gasteiger charge is 2.36. The van der Waals surface area contributed by atoms with Crippen LogP contribution in [0.25, 0.3) is 0 Å². The lowest BCUT2D eigenvalue weighted by Gasteiger charge is -2.41. The Morgan fingerprint density at radius 3 is 2.59 bits per heavy atom. The summed E-state index contributed by atoms with van der Waals surface area (Å²) in [6.07, 6.45) is 0. The average molecular weight is 232 g/mol.